The van der Waals surface area contributed by atoms with Crippen LogP contribution in [-0.2, 0) is 9.53 Å². The van der Waals surface area contributed by atoms with Gasteiger partial charge in [0, 0.05) is 5.92 Å². The Morgan fingerprint density at radius 3 is 2.14 bits per heavy atom. The highest BCUT2D eigenvalue weighted by Gasteiger charge is 2.36. The number of hydrogen-bond donors (Lipinski definition) is 3. The molecule has 0 fully saturated rings. The van der Waals surface area contributed by atoms with Gasteiger partial charge in [-0.05, 0) is 47.7 Å². The summed E-state index contributed by atoms with van der Waals surface area (Å²) in [5.41, 5.74) is 2.04. The minimum atomic E-state index is -1.51. The van der Waals surface area contributed by atoms with Crippen molar-refractivity contribution in [2.75, 3.05) is 11.9 Å². The van der Waals surface area contributed by atoms with Crippen molar-refractivity contribution in [2.24, 2.45) is 0 Å². The van der Waals surface area contributed by atoms with Gasteiger partial charge in [0.2, 0.25) is 5.91 Å². The fourth-order valence-corrected chi connectivity index (χ4v) is 4.27. The highest BCUT2D eigenvalue weighted by Crippen LogP contribution is 2.44. The molecule has 0 aliphatic heterocycles. The van der Waals surface area contributed by atoms with E-state index < -0.39 is 34.9 Å². The van der Waals surface area contributed by atoms with E-state index in [0.29, 0.717) is 0 Å². The Labute approximate surface area is 201 Å². The number of halogens is 1. The van der Waals surface area contributed by atoms with Gasteiger partial charge in [0.1, 0.15) is 23.5 Å². The molecule has 180 valence electrons. The van der Waals surface area contributed by atoms with E-state index >= 15 is 0 Å². The molecule has 0 saturated heterocycles. The van der Waals surface area contributed by atoms with Crippen molar-refractivity contribution < 1.29 is 28.6 Å². The van der Waals surface area contributed by atoms with E-state index in [4.69, 9.17) is 4.74 Å². The predicted molar refractivity (Wildman–Crippen MR) is 129 cm³/mol. The minimum Gasteiger partial charge on any atom is -0.478 e. The molecule has 0 bridgehead atoms. The third kappa shape index (κ3) is 4.59. The van der Waals surface area contributed by atoms with Gasteiger partial charge >= 0.3 is 12.1 Å². The van der Waals surface area contributed by atoms with Crippen molar-refractivity contribution in [1.82, 2.24) is 5.32 Å². The van der Waals surface area contributed by atoms with Gasteiger partial charge in [-0.2, -0.15) is 0 Å². The van der Waals surface area contributed by atoms with Crippen LogP contribution in [0.2, 0.25) is 0 Å². The third-order valence-corrected chi connectivity index (χ3v) is 6.41. The number of carboxylic acid groups (broad SMARTS) is 1. The van der Waals surface area contributed by atoms with E-state index in [1.807, 2.05) is 48.5 Å². The maximum Gasteiger partial charge on any atom is 0.408 e. The largest absolute Gasteiger partial charge is 0.478 e. The quantitative estimate of drug-likeness (QED) is 0.436. The standard InChI is InChI=1S/C27H25FN2O5/c1-3-27(2,25(33)29-22-14-8-13-21(28)23(22)24(31)32)30-26(34)35-15-20-18-11-6-4-9-16(18)17-10-5-7-12-19(17)20/h4-14,20H,3,15H2,1-2H3,(H,29,33)(H,30,34)(H,31,32). The molecule has 0 heterocycles. The number of hydrogen-bond acceptors (Lipinski definition) is 4. The van der Waals surface area contributed by atoms with Crippen LogP contribution in [0.3, 0.4) is 0 Å². The molecule has 1 aliphatic carbocycles. The van der Waals surface area contributed by atoms with Crippen molar-refractivity contribution in [2.45, 2.75) is 31.7 Å². The number of benzene rings is 3. The summed E-state index contributed by atoms with van der Waals surface area (Å²) >= 11 is 0. The van der Waals surface area contributed by atoms with Crippen LogP contribution < -0.4 is 10.6 Å². The molecule has 35 heavy (non-hydrogen) atoms. The number of ether oxygens (including phenoxy) is 1. The maximum absolute atomic E-state index is 14.0. The second kappa shape index (κ2) is 9.58. The molecule has 0 aromatic heterocycles. The summed E-state index contributed by atoms with van der Waals surface area (Å²) in [6, 6.07) is 19.4. The van der Waals surface area contributed by atoms with Crippen molar-refractivity contribution in [1.29, 1.82) is 0 Å². The van der Waals surface area contributed by atoms with Crippen LogP contribution in [0.15, 0.2) is 66.7 Å². The Bertz CT molecular complexity index is 1260. The summed E-state index contributed by atoms with van der Waals surface area (Å²) in [5, 5.41) is 14.3. The van der Waals surface area contributed by atoms with Crippen LogP contribution in [0.5, 0.6) is 0 Å². The van der Waals surface area contributed by atoms with Gasteiger partial charge in [0.25, 0.3) is 0 Å². The molecule has 8 heteroatoms. The Morgan fingerprint density at radius 1 is 0.971 bits per heavy atom. The SMILES string of the molecule is CCC(C)(NC(=O)OCC1c2ccccc2-c2ccccc21)C(=O)Nc1cccc(F)c1C(=O)O. The zero-order valence-electron chi connectivity index (χ0n) is 19.3. The van der Waals surface area contributed by atoms with Crippen LogP contribution in [-0.4, -0.2) is 35.2 Å². The van der Waals surface area contributed by atoms with Crippen molar-refractivity contribution in [3.8, 4) is 11.1 Å². The third-order valence-electron chi connectivity index (χ3n) is 6.41. The molecule has 0 spiro atoms. The number of carboxylic acids is 1. The van der Waals surface area contributed by atoms with Gasteiger partial charge in [0.05, 0.1) is 5.69 Å². The van der Waals surface area contributed by atoms with Crippen LogP contribution in [0, 0.1) is 5.82 Å². The maximum atomic E-state index is 14.0. The topological polar surface area (TPSA) is 105 Å². The van der Waals surface area contributed by atoms with Crippen LogP contribution >= 0.6 is 0 Å². The van der Waals surface area contributed by atoms with E-state index in [1.165, 1.54) is 19.1 Å². The molecular weight excluding hydrogens is 451 g/mol. The van der Waals surface area contributed by atoms with Crippen molar-refractivity contribution in [3.63, 3.8) is 0 Å². The molecule has 3 aromatic carbocycles. The molecule has 4 rings (SSSR count). The van der Waals surface area contributed by atoms with Gasteiger partial charge in [-0.3, -0.25) is 4.79 Å². The van der Waals surface area contributed by atoms with Crippen LogP contribution in [0.1, 0.15) is 47.7 Å². The molecule has 1 atom stereocenters. The summed E-state index contributed by atoms with van der Waals surface area (Å²) in [6.07, 6.45) is -0.607. The molecule has 3 aromatic rings. The van der Waals surface area contributed by atoms with E-state index in [1.54, 1.807) is 6.92 Å². The molecule has 3 N–H and O–H groups in total. The van der Waals surface area contributed by atoms with Gasteiger partial charge in [-0.1, -0.05) is 61.5 Å². The first-order valence-electron chi connectivity index (χ1n) is 11.2. The Hall–Kier alpha value is -4.20. The van der Waals surface area contributed by atoms with E-state index in [9.17, 15) is 23.9 Å². The number of carbonyl (C=O) groups excluding carboxylic acids is 2. The summed E-state index contributed by atoms with van der Waals surface area (Å²) in [7, 11) is 0. The molecule has 7 nitrogen and oxygen atoms in total. The molecule has 0 radical (unpaired) electrons. The lowest BCUT2D eigenvalue weighted by atomic mass is 9.97. The fourth-order valence-electron chi connectivity index (χ4n) is 4.27. The second-order valence-corrected chi connectivity index (χ2v) is 8.56. The first kappa shape index (κ1) is 23.9. The average molecular weight is 477 g/mol. The Balaban J connectivity index is 1.46. The van der Waals surface area contributed by atoms with Gasteiger partial charge in [-0.15, -0.1) is 0 Å². The lowest BCUT2D eigenvalue weighted by molar-refractivity contribution is -0.121. The number of anilines is 1. The van der Waals surface area contributed by atoms with Crippen LogP contribution in [0.25, 0.3) is 11.1 Å². The van der Waals surface area contributed by atoms with Crippen molar-refractivity contribution >= 4 is 23.7 Å². The predicted octanol–water partition coefficient (Wildman–Crippen LogP) is 5.17. The zero-order chi connectivity index (χ0) is 25.2. The summed E-state index contributed by atoms with van der Waals surface area (Å²) in [5.74, 6) is -3.32. The summed E-state index contributed by atoms with van der Waals surface area (Å²) in [4.78, 5) is 37.1. The molecule has 2 amide bonds. The van der Waals surface area contributed by atoms with Gasteiger partial charge in [-0.25, -0.2) is 14.0 Å². The molecule has 0 saturated carbocycles. The Morgan fingerprint density at radius 2 is 1.57 bits per heavy atom. The highest BCUT2D eigenvalue weighted by molar-refractivity contribution is 6.04. The first-order valence-corrected chi connectivity index (χ1v) is 11.2. The fraction of sp³-hybridized carbons (Fsp3) is 0.222. The molecule has 1 unspecified atom stereocenters. The van der Waals surface area contributed by atoms with Gasteiger partial charge in [0.15, 0.2) is 0 Å². The molecular formula is C27H25FN2O5. The van der Waals surface area contributed by atoms with Crippen molar-refractivity contribution in [3.05, 3.63) is 89.2 Å². The number of nitrogens with one attached hydrogen (secondary N) is 2. The monoisotopic (exact) mass is 476 g/mol. The summed E-state index contributed by atoms with van der Waals surface area (Å²) < 4.78 is 19.5. The number of carbonyl (C=O) groups is 3. The average Bonchev–Trinajstić information content (AvgIpc) is 3.16. The van der Waals surface area contributed by atoms with Crippen LogP contribution in [0.4, 0.5) is 14.9 Å². The van der Waals surface area contributed by atoms with Gasteiger partial charge < -0.3 is 20.5 Å². The lowest BCUT2D eigenvalue weighted by Crippen LogP contribution is -2.54. The smallest absolute Gasteiger partial charge is 0.408 e. The second-order valence-electron chi connectivity index (χ2n) is 8.56. The number of alkyl carbamates (subject to hydrolysis) is 1. The summed E-state index contributed by atoms with van der Waals surface area (Å²) in [6.45, 7) is 3.25. The minimum absolute atomic E-state index is 0.0777. The molecule has 1 aliphatic rings. The number of amides is 2. The highest BCUT2D eigenvalue weighted by atomic mass is 19.1. The normalized spacial score (nSPS) is 13.8. The number of aromatic carboxylic acids is 1. The zero-order valence-corrected chi connectivity index (χ0v) is 19.3. The first-order chi connectivity index (χ1) is 16.7. The number of rotatable bonds is 7. The Kier molecular flexibility index (Phi) is 6.55. The lowest BCUT2D eigenvalue weighted by Gasteiger charge is -2.28. The van der Waals surface area contributed by atoms with E-state index in [2.05, 4.69) is 10.6 Å². The van der Waals surface area contributed by atoms with E-state index in [0.717, 1.165) is 28.3 Å². The van der Waals surface area contributed by atoms with E-state index in [-0.39, 0.29) is 24.6 Å². The number of fused-ring (bicyclic) bond motifs is 3.